The van der Waals surface area contributed by atoms with Crippen molar-refractivity contribution < 1.29 is 28.7 Å². The number of benzene rings is 2. The standard InChI is InChI=1S/C22H20N2O6/c1-13(25)30-19-7-3-2-6-18(19)23-20(26)14-8-9-16-17(11-14)22(28)24(21(16)27)12-15-5-4-10-29-15/h2-3,6-9,11,15H,4-5,10,12H2,1H3,(H,23,26)/t15-/m0/s1. The Balaban J connectivity index is 1.54. The summed E-state index contributed by atoms with van der Waals surface area (Å²) in [6.45, 7) is 2.11. The van der Waals surface area contributed by atoms with Crippen LogP contribution in [0.4, 0.5) is 5.69 Å². The molecule has 0 aliphatic carbocycles. The van der Waals surface area contributed by atoms with E-state index in [9.17, 15) is 19.2 Å². The van der Waals surface area contributed by atoms with Crippen LogP contribution in [-0.4, -0.2) is 47.8 Å². The zero-order valence-corrected chi connectivity index (χ0v) is 16.3. The van der Waals surface area contributed by atoms with Gasteiger partial charge in [0.1, 0.15) is 0 Å². The lowest BCUT2D eigenvalue weighted by Crippen LogP contribution is -2.36. The number of fused-ring (bicyclic) bond motifs is 1. The van der Waals surface area contributed by atoms with Crippen molar-refractivity contribution in [3.63, 3.8) is 0 Å². The van der Waals surface area contributed by atoms with Gasteiger partial charge in [-0.05, 0) is 43.2 Å². The van der Waals surface area contributed by atoms with Gasteiger partial charge in [-0.25, -0.2) is 0 Å². The van der Waals surface area contributed by atoms with Crippen molar-refractivity contribution in [1.29, 1.82) is 0 Å². The van der Waals surface area contributed by atoms with Crippen molar-refractivity contribution in [3.8, 4) is 5.75 Å². The topological polar surface area (TPSA) is 102 Å². The fourth-order valence-corrected chi connectivity index (χ4v) is 3.60. The molecule has 1 saturated heterocycles. The minimum Gasteiger partial charge on any atom is -0.424 e. The van der Waals surface area contributed by atoms with E-state index in [0.29, 0.717) is 12.3 Å². The highest BCUT2D eigenvalue weighted by Crippen LogP contribution is 2.28. The van der Waals surface area contributed by atoms with E-state index in [1.165, 1.54) is 30.0 Å². The number of nitrogens with zero attached hydrogens (tertiary/aromatic N) is 1. The summed E-state index contributed by atoms with van der Waals surface area (Å²) in [4.78, 5) is 50.5. The van der Waals surface area contributed by atoms with Gasteiger partial charge in [-0.1, -0.05) is 12.1 Å². The summed E-state index contributed by atoms with van der Waals surface area (Å²) in [5.41, 5.74) is 1.00. The monoisotopic (exact) mass is 408 g/mol. The van der Waals surface area contributed by atoms with Crippen LogP contribution in [0.5, 0.6) is 5.75 Å². The van der Waals surface area contributed by atoms with Crippen molar-refractivity contribution in [2.75, 3.05) is 18.5 Å². The number of para-hydroxylation sites is 2. The van der Waals surface area contributed by atoms with Gasteiger partial charge in [0.15, 0.2) is 5.75 Å². The van der Waals surface area contributed by atoms with Gasteiger partial charge in [-0.15, -0.1) is 0 Å². The summed E-state index contributed by atoms with van der Waals surface area (Å²) in [6.07, 6.45) is 1.57. The van der Waals surface area contributed by atoms with Crippen molar-refractivity contribution in [2.24, 2.45) is 0 Å². The summed E-state index contributed by atoms with van der Waals surface area (Å²) < 4.78 is 10.6. The van der Waals surface area contributed by atoms with Gasteiger partial charge < -0.3 is 14.8 Å². The zero-order chi connectivity index (χ0) is 21.3. The Morgan fingerprint density at radius 3 is 2.63 bits per heavy atom. The van der Waals surface area contributed by atoms with E-state index in [1.807, 2.05) is 0 Å². The number of hydrogen-bond acceptors (Lipinski definition) is 6. The first kappa shape index (κ1) is 19.8. The number of ether oxygens (including phenoxy) is 2. The molecule has 4 rings (SSSR count). The number of anilines is 1. The molecule has 2 aliphatic rings. The SMILES string of the molecule is CC(=O)Oc1ccccc1NC(=O)c1ccc2c(c1)C(=O)N(C[C@@H]1CCCO1)C2=O. The van der Waals surface area contributed by atoms with E-state index in [1.54, 1.807) is 24.3 Å². The van der Waals surface area contributed by atoms with E-state index in [0.717, 1.165) is 12.8 Å². The molecule has 2 aromatic rings. The van der Waals surface area contributed by atoms with E-state index in [4.69, 9.17) is 9.47 Å². The Bertz CT molecular complexity index is 1040. The van der Waals surface area contributed by atoms with Gasteiger partial charge >= 0.3 is 5.97 Å². The van der Waals surface area contributed by atoms with Crippen molar-refractivity contribution in [2.45, 2.75) is 25.9 Å². The minimum atomic E-state index is -0.510. The molecule has 1 fully saturated rings. The minimum absolute atomic E-state index is 0.146. The predicted octanol–water partition coefficient (Wildman–Crippen LogP) is 2.64. The van der Waals surface area contributed by atoms with Crippen LogP contribution in [0.1, 0.15) is 50.8 Å². The van der Waals surface area contributed by atoms with E-state index in [-0.39, 0.29) is 41.0 Å². The number of carbonyl (C=O) groups excluding carboxylic acids is 4. The van der Waals surface area contributed by atoms with Crippen molar-refractivity contribution in [1.82, 2.24) is 4.90 Å². The van der Waals surface area contributed by atoms with Gasteiger partial charge in [-0.3, -0.25) is 24.1 Å². The maximum Gasteiger partial charge on any atom is 0.308 e. The van der Waals surface area contributed by atoms with Crippen molar-refractivity contribution in [3.05, 3.63) is 59.2 Å². The smallest absolute Gasteiger partial charge is 0.308 e. The molecule has 2 aliphatic heterocycles. The molecule has 8 heteroatoms. The van der Waals surface area contributed by atoms with Crippen LogP contribution >= 0.6 is 0 Å². The Morgan fingerprint density at radius 1 is 1.13 bits per heavy atom. The fourth-order valence-electron chi connectivity index (χ4n) is 3.60. The van der Waals surface area contributed by atoms with Gasteiger partial charge in [-0.2, -0.15) is 0 Å². The zero-order valence-electron chi connectivity index (χ0n) is 16.3. The predicted molar refractivity (Wildman–Crippen MR) is 106 cm³/mol. The largest absolute Gasteiger partial charge is 0.424 e. The highest BCUT2D eigenvalue weighted by molar-refractivity contribution is 6.22. The van der Waals surface area contributed by atoms with Crippen LogP contribution in [0.15, 0.2) is 42.5 Å². The molecule has 2 aromatic carbocycles. The van der Waals surface area contributed by atoms with E-state index in [2.05, 4.69) is 5.32 Å². The first-order valence-electron chi connectivity index (χ1n) is 9.64. The average Bonchev–Trinajstić information content (AvgIpc) is 3.32. The van der Waals surface area contributed by atoms with Crippen LogP contribution in [0.3, 0.4) is 0 Å². The van der Waals surface area contributed by atoms with Crippen LogP contribution < -0.4 is 10.1 Å². The molecular formula is C22H20N2O6. The normalized spacial score (nSPS) is 17.8. The quantitative estimate of drug-likeness (QED) is 0.464. The molecule has 1 atom stereocenters. The number of esters is 1. The van der Waals surface area contributed by atoms with Crippen LogP contribution in [-0.2, 0) is 9.53 Å². The van der Waals surface area contributed by atoms with Crippen LogP contribution in [0, 0.1) is 0 Å². The maximum atomic E-state index is 12.8. The third-order valence-electron chi connectivity index (χ3n) is 5.03. The molecular weight excluding hydrogens is 388 g/mol. The number of amides is 3. The molecule has 0 unspecified atom stereocenters. The van der Waals surface area contributed by atoms with Crippen LogP contribution in [0.25, 0.3) is 0 Å². The number of rotatable bonds is 5. The second-order valence-corrected chi connectivity index (χ2v) is 7.16. The molecule has 30 heavy (non-hydrogen) atoms. The number of imide groups is 1. The first-order chi connectivity index (χ1) is 14.4. The lowest BCUT2D eigenvalue weighted by Gasteiger charge is -2.17. The summed E-state index contributed by atoms with van der Waals surface area (Å²) in [7, 11) is 0. The summed E-state index contributed by atoms with van der Waals surface area (Å²) >= 11 is 0. The molecule has 1 N–H and O–H groups in total. The number of nitrogens with one attached hydrogen (secondary N) is 1. The van der Waals surface area contributed by atoms with Crippen LogP contribution in [0.2, 0.25) is 0 Å². The molecule has 8 nitrogen and oxygen atoms in total. The molecule has 0 aromatic heterocycles. The Morgan fingerprint density at radius 2 is 1.90 bits per heavy atom. The average molecular weight is 408 g/mol. The lowest BCUT2D eigenvalue weighted by molar-refractivity contribution is -0.131. The number of carbonyl (C=O) groups is 4. The molecule has 0 radical (unpaired) electrons. The van der Waals surface area contributed by atoms with E-state index < -0.39 is 17.8 Å². The third kappa shape index (κ3) is 3.81. The molecule has 2 heterocycles. The Labute approximate surface area is 172 Å². The molecule has 0 bridgehead atoms. The molecule has 0 saturated carbocycles. The first-order valence-corrected chi connectivity index (χ1v) is 9.64. The highest BCUT2D eigenvalue weighted by Gasteiger charge is 2.38. The Kier molecular flexibility index (Phi) is 5.33. The van der Waals surface area contributed by atoms with Gasteiger partial charge in [0, 0.05) is 19.1 Å². The Hall–Kier alpha value is -3.52. The summed E-state index contributed by atoms with van der Waals surface area (Å²) in [5.74, 6) is -1.59. The fraction of sp³-hybridized carbons (Fsp3) is 0.273. The van der Waals surface area contributed by atoms with Gasteiger partial charge in [0.25, 0.3) is 17.7 Å². The third-order valence-corrected chi connectivity index (χ3v) is 5.03. The van der Waals surface area contributed by atoms with Gasteiger partial charge in [0.05, 0.1) is 29.5 Å². The highest BCUT2D eigenvalue weighted by atomic mass is 16.5. The number of hydrogen-bond donors (Lipinski definition) is 1. The van der Waals surface area contributed by atoms with E-state index >= 15 is 0 Å². The second-order valence-electron chi connectivity index (χ2n) is 7.16. The molecule has 154 valence electrons. The summed E-state index contributed by atoms with van der Waals surface area (Å²) in [5, 5.41) is 2.67. The van der Waals surface area contributed by atoms with Gasteiger partial charge in [0.2, 0.25) is 0 Å². The second kappa shape index (κ2) is 8.08. The molecule has 3 amide bonds. The molecule has 0 spiro atoms. The lowest BCUT2D eigenvalue weighted by atomic mass is 10.1. The van der Waals surface area contributed by atoms with Crippen molar-refractivity contribution >= 4 is 29.4 Å². The summed E-state index contributed by atoms with van der Waals surface area (Å²) in [6, 6.07) is 10.9. The maximum absolute atomic E-state index is 12.8.